The van der Waals surface area contributed by atoms with Crippen LogP contribution in [0.15, 0.2) is 24.3 Å². The van der Waals surface area contributed by atoms with Gasteiger partial charge in [-0.15, -0.1) is 0 Å². The summed E-state index contributed by atoms with van der Waals surface area (Å²) in [6.45, 7) is 4.54. The van der Waals surface area contributed by atoms with E-state index in [0.717, 1.165) is 24.0 Å². The molecule has 2 amide bonds. The van der Waals surface area contributed by atoms with Crippen molar-refractivity contribution in [2.24, 2.45) is 0 Å². The Morgan fingerprint density at radius 2 is 2.00 bits per heavy atom. The molecule has 0 spiro atoms. The normalized spacial score (nSPS) is 19.8. The van der Waals surface area contributed by atoms with Gasteiger partial charge in [0.15, 0.2) is 0 Å². The van der Waals surface area contributed by atoms with E-state index in [0.29, 0.717) is 26.2 Å². The molecule has 2 aliphatic rings. The molecular weight excluding hydrogens is 268 g/mol. The lowest BCUT2D eigenvalue weighted by Gasteiger charge is -2.35. The fraction of sp³-hybridized carbons (Fsp3) is 0.500. The van der Waals surface area contributed by atoms with Gasteiger partial charge >= 0.3 is 6.09 Å². The first-order valence-electron chi connectivity index (χ1n) is 7.44. The summed E-state index contributed by atoms with van der Waals surface area (Å²) < 4.78 is 4.98. The molecule has 0 N–H and O–H groups in total. The van der Waals surface area contributed by atoms with Crippen molar-refractivity contribution < 1.29 is 14.3 Å². The first kappa shape index (κ1) is 13.9. The average molecular weight is 288 g/mol. The van der Waals surface area contributed by atoms with Crippen LogP contribution in [0.5, 0.6) is 0 Å². The van der Waals surface area contributed by atoms with Crippen molar-refractivity contribution in [3.8, 4) is 0 Å². The van der Waals surface area contributed by atoms with Gasteiger partial charge < -0.3 is 14.5 Å². The molecule has 0 unspecified atom stereocenters. The van der Waals surface area contributed by atoms with Gasteiger partial charge in [-0.05, 0) is 31.9 Å². The molecule has 3 rings (SSSR count). The number of carbonyl (C=O) groups is 2. The highest BCUT2D eigenvalue weighted by Crippen LogP contribution is 2.21. The smallest absolute Gasteiger partial charge is 0.410 e. The molecule has 21 heavy (non-hydrogen) atoms. The Hall–Kier alpha value is -2.04. The van der Waals surface area contributed by atoms with Crippen LogP contribution < -0.4 is 0 Å². The van der Waals surface area contributed by atoms with Crippen molar-refractivity contribution in [1.82, 2.24) is 9.80 Å². The van der Waals surface area contributed by atoms with Gasteiger partial charge in [0.1, 0.15) is 6.61 Å². The lowest BCUT2D eigenvalue weighted by molar-refractivity contribution is 0.0658. The van der Waals surface area contributed by atoms with Crippen molar-refractivity contribution in [1.29, 1.82) is 0 Å². The molecule has 0 atom stereocenters. The minimum Gasteiger partial charge on any atom is -0.448 e. The van der Waals surface area contributed by atoms with E-state index in [1.165, 1.54) is 0 Å². The number of nitrogens with zero attached hydrogens (tertiary/aromatic N) is 2. The lowest BCUT2D eigenvalue weighted by atomic mass is 10.0. The van der Waals surface area contributed by atoms with Gasteiger partial charge in [-0.3, -0.25) is 4.79 Å². The van der Waals surface area contributed by atoms with Crippen LogP contribution in [0, 0.1) is 6.92 Å². The van der Waals surface area contributed by atoms with Gasteiger partial charge in [-0.1, -0.05) is 17.7 Å². The number of hydrogen-bond acceptors (Lipinski definition) is 3. The minimum atomic E-state index is -0.210. The molecule has 0 bridgehead atoms. The minimum absolute atomic E-state index is 0.0844. The zero-order chi connectivity index (χ0) is 14.8. The number of ether oxygens (including phenoxy) is 1. The average Bonchev–Trinajstić information content (AvgIpc) is 2.93. The van der Waals surface area contributed by atoms with E-state index in [1.54, 1.807) is 4.90 Å². The molecule has 2 fully saturated rings. The molecule has 0 aliphatic carbocycles. The Kier molecular flexibility index (Phi) is 3.82. The number of amides is 2. The number of piperidine rings is 1. The van der Waals surface area contributed by atoms with Crippen molar-refractivity contribution in [3.63, 3.8) is 0 Å². The van der Waals surface area contributed by atoms with E-state index in [9.17, 15) is 9.59 Å². The van der Waals surface area contributed by atoms with Gasteiger partial charge in [0.2, 0.25) is 0 Å². The fourth-order valence-electron chi connectivity index (χ4n) is 3.08. The van der Waals surface area contributed by atoms with Gasteiger partial charge in [-0.2, -0.15) is 0 Å². The molecule has 112 valence electrons. The second kappa shape index (κ2) is 5.76. The molecule has 0 saturated carbocycles. The first-order valence-corrected chi connectivity index (χ1v) is 7.44. The monoisotopic (exact) mass is 288 g/mol. The SMILES string of the molecule is Cc1cccc(C(=O)N2CCC(N3CCOC3=O)CC2)c1. The van der Waals surface area contributed by atoms with Crippen LogP contribution in [0.25, 0.3) is 0 Å². The third-order valence-corrected chi connectivity index (χ3v) is 4.25. The van der Waals surface area contributed by atoms with E-state index in [2.05, 4.69) is 0 Å². The maximum Gasteiger partial charge on any atom is 0.410 e. The summed E-state index contributed by atoms with van der Waals surface area (Å²) in [4.78, 5) is 27.7. The third-order valence-electron chi connectivity index (χ3n) is 4.25. The summed E-state index contributed by atoms with van der Waals surface area (Å²) in [7, 11) is 0. The van der Waals surface area contributed by atoms with Crippen LogP contribution in [-0.4, -0.2) is 54.1 Å². The van der Waals surface area contributed by atoms with Gasteiger partial charge in [0.05, 0.1) is 6.54 Å². The van der Waals surface area contributed by atoms with Crippen molar-refractivity contribution >= 4 is 12.0 Å². The molecule has 2 aliphatic heterocycles. The molecule has 2 saturated heterocycles. The Morgan fingerprint density at radius 3 is 2.62 bits per heavy atom. The van der Waals surface area contributed by atoms with E-state index in [-0.39, 0.29) is 18.0 Å². The van der Waals surface area contributed by atoms with Crippen molar-refractivity contribution in [2.45, 2.75) is 25.8 Å². The number of aryl methyl sites for hydroxylation is 1. The molecule has 5 nitrogen and oxygen atoms in total. The topological polar surface area (TPSA) is 49.9 Å². The Balaban J connectivity index is 1.60. The second-order valence-electron chi connectivity index (χ2n) is 5.70. The Bertz CT molecular complexity index is 550. The predicted molar refractivity (Wildman–Crippen MR) is 78.2 cm³/mol. The van der Waals surface area contributed by atoms with Crippen LogP contribution in [0.1, 0.15) is 28.8 Å². The summed E-state index contributed by atoms with van der Waals surface area (Å²) in [5.41, 5.74) is 1.84. The number of benzene rings is 1. The number of likely N-dealkylation sites (tertiary alicyclic amines) is 1. The van der Waals surface area contributed by atoms with Crippen molar-refractivity contribution in [3.05, 3.63) is 35.4 Å². The van der Waals surface area contributed by atoms with E-state index in [4.69, 9.17) is 4.74 Å². The second-order valence-corrected chi connectivity index (χ2v) is 5.70. The van der Waals surface area contributed by atoms with Crippen LogP contribution in [-0.2, 0) is 4.74 Å². The largest absolute Gasteiger partial charge is 0.448 e. The maximum absolute atomic E-state index is 12.5. The Morgan fingerprint density at radius 1 is 1.24 bits per heavy atom. The molecule has 2 heterocycles. The number of hydrogen-bond donors (Lipinski definition) is 0. The van der Waals surface area contributed by atoms with Crippen LogP contribution in [0.3, 0.4) is 0 Å². The number of carbonyl (C=O) groups excluding carboxylic acids is 2. The Labute approximate surface area is 124 Å². The molecular formula is C16H20N2O3. The van der Waals surface area contributed by atoms with Gasteiger partial charge in [0.25, 0.3) is 5.91 Å². The molecule has 1 aromatic carbocycles. The van der Waals surface area contributed by atoms with Gasteiger partial charge in [0, 0.05) is 24.7 Å². The highest BCUT2D eigenvalue weighted by atomic mass is 16.6. The standard InChI is InChI=1S/C16H20N2O3/c1-12-3-2-4-13(11-12)15(19)17-7-5-14(6-8-17)18-9-10-21-16(18)20/h2-4,11,14H,5-10H2,1H3. The third kappa shape index (κ3) is 2.86. The summed E-state index contributed by atoms with van der Waals surface area (Å²) in [6.07, 6.45) is 1.44. The van der Waals surface area contributed by atoms with Gasteiger partial charge in [-0.25, -0.2) is 4.79 Å². The summed E-state index contributed by atoms with van der Waals surface area (Å²) in [5.74, 6) is 0.0844. The van der Waals surface area contributed by atoms with Crippen LogP contribution in [0.4, 0.5) is 4.79 Å². The van der Waals surface area contributed by atoms with E-state index >= 15 is 0 Å². The predicted octanol–water partition coefficient (Wildman–Crippen LogP) is 2.05. The number of rotatable bonds is 2. The van der Waals surface area contributed by atoms with E-state index < -0.39 is 0 Å². The lowest BCUT2D eigenvalue weighted by Crippen LogP contribution is -2.47. The zero-order valence-electron chi connectivity index (χ0n) is 12.2. The summed E-state index contributed by atoms with van der Waals surface area (Å²) in [6, 6.07) is 7.89. The first-order chi connectivity index (χ1) is 10.1. The van der Waals surface area contributed by atoms with E-state index in [1.807, 2.05) is 36.1 Å². The number of cyclic esters (lactones) is 1. The molecule has 0 aromatic heterocycles. The maximum atomic E-state index is 12.5. The highest BCUT2D eigenvalue weighted by Gasteiger charge is 2.33. The quantitative estimate of drug-likeness (QED) is 0.837. The van der Waals surface area contributed by atoms with Crippen LogP contribution >= 0.6 is 0 Å². The zero-order valence-corrected chi connectivity index (χ0v) is 12.2. The van der Waals surface area contributed by atoms with Crippen molar-refractivity contribution in [2.75, 3.05) is 26.2 Å². The molecule has 5 heteroatoms. The summed E-state index contributed by atoms with van der Waals surface area (Å²) >= 11 is 0. The molecule has 0 radical (unpaired) electrons. The molecule has 1 aromatic rings. The highest BCUT2D eigenvalue weighted by molar-refractivity contribution is 5.94. The fourth-order valence-corrected chi connectivity index (χ4v) is 3.08. The summed E-state index contributed by atoms with van der Waals surface area (Å²) in [5, 5.41) is 0. The van der Waals surface area contributed by atoms with Crippen LogP contribution in [0.2, 0.25) is 0 Å².